The molecule has 0 radical (unpaired) electrons. The number of benzene rings is 1. The molecule has 0 spiro atoms. The Morgan fingerprint density at radius 1 is 1.29 bits per heavy atom. The Kier molecular flexibility index (Phi) is 9.82. The van der Waals surface area contributed by atoms with Crippen LogP contribution in [0.4, 0.5) is 4.39 Å². The zero-order valence-electron chi connectivity index (χ0n) is 20.9. The Morgan fingerprint density at radius 3 is 2.54 bits per heavy atom. The number of aliphatic hydroxyl groups excluding tert-OH is 2. The van der Waals surface area contributed by atoms with Crippen LogP contribution >= 0.6 is 0 Å². The number of aromatic carboxylic acids is 1. The summed E-state index contributed by atoms with van der Waals surface area (Å²) in [5, 5.41) is 29.9. The molecule has 1 aromatic carbocycles. The summed E-state index contributed by atoms with van der Waals surface area (Å²) in [6.07, 6.45) is 1.98. The van der Waals surface area contributed by atoms with Crippen molar-refractivity contribution in [3.8, 4) is 11.5 Å². The maximum atomic E-state index is 14.4. The molecule has 0 aromatic heterocycles. The summed E-state index contributed by atoms with van der Waals surface area (Å²) >= 11 is 0. The average Bonchev–Trinajstić information content (AvgIpc) is 3.09. The second kappa shape index (κ2) is 12.0. The highest BCUT2D eigenvalue weighted by atomic mass is 19.1. The van der Waals surface area contributed by atoms with Gasteiger partial charge in [0.1, 0.15) is 29.3 Å². The van der Waals surface area contributed by atoms with Gasteiger partial charge in [-0.3, -0.25) is 0 Å². The van der Waals surface area contributed by atoms with Gasteiger partial charge in [-0.05, 0) is 51.8 Å². The van der Waals surface area contributed by atoms with E-state index in [1.165, 1.54) is 40.2 Å². The van der Waals surface area contributed by atoms with Crippen molar-refractivity contribution in [2.75, 3.05) is 21.0 Å². The van der Waals surface area contributed by atoms with Crippen molar-refractivity contribution >= 4 is 12.0 Å². The van der Waals surface area contributed by atoms with Crippen molar-refractivity contribution in [3.63, 3.8) is 0 Å². The lowest BCUT2D eigenvalue weighted by atomic mass is 9.98. The molecule has 0 bridgehead atoms. The lowest BCUT2D eigenvalue weighted by molar-refractivity contribution is -0.152. The molecule has 5 atom stereocenters. The summed E-state index contributed by atoms with van der Waals surface area (Å²) in [4.78, 5) is 11.9. The van der Waals surface area contributed by atoms with Gasteiger partial charge >= 0.3 is 5.97 Å². The molecule has 0 aliphatic carbocycles. The number of ether oxygens (including phenoxy) is 5. The number of carboxylic acids is 1. The molecule has 1 aliphatic rings. The molecule has 1 aromatic rings. The van der Waals surface area contributed by atoms with Crippen molar-refractivity contribution in [2.45, 2.75) is 70.0 Å². The molecule has 2 rings (SSSR count). The van der Waals surface area contributed by atoms with Crippen molar-refractivity contribution in [3.05, 3.63) is 41.5 Å². The van der Waals surface area contributed by atoms with E-state index in [4.69, 9.17) is 23.7 Å². The highest BCUT2D eigenvalue weighted by Crippen LogP contribution is 2.34. The fraction of sp³-hybridized carbons (Fsp3) is 0.560. The summed E-state index contributed by atoms with van der Waals surface area (Å²) in [6, 6.07) is 3.02. The minimum Gasteiger partial charge on any atom is -0.497 e. The lowest BCUT2D eigenvalue weighted by Gasteiger charge is -2.22. The smallest absolute Gasteiger partial charge is 0.340 e. The first-order chi connectivity index (χ1) is 16.3. The molecule has 1 fully saturated rings. The van der Waals surface area contributed by atoms with Crippen molar-refractivity contribution < 1.29 is 48.2 Å². The number of aliphatic hydroxyl groups is 2. The molecule has 5 unspecified atom stereocenters. The molecule has 0 amide bonds. The van der Waals surface area contributed by atoms with Gasteiger partial charge < -0.3 is 39.0 Å². The Labute approximate surface area is 204 Å². The molecule has 35 heavy (non-hydrogen) atoms. The predicted octanol–water partition coefficient (Wildman–Crippen LogP) is 3.33. The van der Waals surface area contributed by atoms with E-state index in [9.17, 15) is 24.5 Å². The topological polar surface area (TPSA) is 124 Å². The summed E-state index contributed by atoms with van der Waals surface area (Å²) < 4.78 is 41.6. The van der Waals surface area contributed by atoms with Gasteiger partial charge in [-0.15, -0.1) is 0 Å². The zero-order chi connectivity index (χ0) is 26.4. The van der Waals surface area contributed by atoms with E-state index in [-0.39, 0.29) is 24.5 Å². The molecule has 9 nitrogen and oxygen atoms in total. The Morgan fingerprint density at radius 2 is 1.97 bits per heavy atom. The van der Waals surface area contributed by atoms with Gasteiger partial charge in [-0.25, -0.2) is 9.18 Å². The standard InChI is InChI=1S/C25H35FO9/c1-15(27)25(4,26)11-10-18(28)22-19(34-24(2,3)35-22)9-7-8-16-12-17(32-6)13-20(33-14-31-5)21(16)23(29)30/h7-8,10-13,15,18-19,22,27-28H,9,14H2,1-6H3,(H,29,30). The summed E-state index contributed by atoms with van der Waals surface area (Å²) in [5.74, 6) is -1.70. The van der Waals surface area contributed by atoms with Gasteiger partial charge in [0.2, 0.25) is 0 Å². The Bertz CT molecular complexity index is 924. The first-order valence-electron chi connectivity index (χ1n) is 11.1. The van der Waals surface area contributed by atoms with E-state index >= 15 is 0 Å². The van der Waals surface area contributed by atoms with Gasteiger partial charge in [0.05, 0.1) is 19.3 Å². The number of alkyl halides is 1. The van der Waals surface area contributed by atoms with Crippen LogP contribution < -0.4 is 9.47 Å². The molecular formula is C25H35FO9. The number of hydrogen-bond acceptors (Lipinski definition) is 8. The monoisotopic (exact) mass is 498 g/mol. The van der Waals surface area contributed by atoms with Gasteiger partial charge in [0.15, 0.2) is 18.2 Å². The molecule has 1 aliphatic heterocycles. The average molecular weight is 499 g/mol. The van der Waals surface area contributed by atoms with Gasteiger partial charge in [0, 0.05) is 13.2 Å². The third-order valence-corrected chi connectivity index (χ3v) is 5.55. The first kappa shape index (κ1) is 28.7. The zero-order valence-corrected chi connectivity index (χ0v) is 20.9. The Balaban J connectivity index is 2.27. The van der Waals surface area contributed by atoms with Gasteiger partial charge in [-0.1, -0.05) is 18.2 Å². The van der Waals surface area contributed by atoms with Gasteiger partial charge in [-0.2, -0.15) is 0 Å². The van der Waals surface area contributed by atoms with E-state index in [0.717, 1.165) is 6.08 Å². The minimum absolute atomic E-state index is 0.0668. The quantitative estimate of drug-likeness (QED) is 0.294. The van der Waals surface area contributed by atoms with Crippen LogP contribution in [0.1, 0.15) is 50.0 Å². The van der Waals surface area contributed by atoms with Crippen LogP contribution in [0.2, 0.25) is 0 Å². The van der Waals surface area contributed by atoms with E-state index in [0.29, 0.717) is 11.3 Å². The van der Waals surface area contributed by atoms with Crippen LogP contribution in [0.25, 0.3) is 6.08 Å². The van der Waals surface area contributed by atoms with Crippen molar-refractivity contribution in [1.82, 2.24) is 0 Å². The molecular weight excluding hydrogens is 463 g/mol. The second-order valence-corrected chi connectivity index (χ2v) is 8.90. The van der Waals surface area contributed by atoms with Crippen molar-refractivity contribution in [1.29, 1.82) is 0 Å². The maximum absolute atomic E-state index is 14.4. The molecule has 0 saturated carbocycles. The van der Waals surface area contributed by atoms with Crippen LogP contribution in [-0.4, -0.2) is 78.2 Å². The third kappa shape index (κ3) is 7.74. The summed E-state index contributed by atoms with van der Waals surface area (Å²) in [5.41, 5.74) is -1.75. The molecule has 10 heteroatoms. The maximum Gasteiger partial charge on any atom is 0.340 e. The van der Waals surface area contributed by atoms with E-state index in [1.807, 2.05) is 0 Å². The largest absolute Gasteiger partial charge is 0.497 e. The lowest BCUT2D eigenvalue weighted by Crippen LogP contribution is -2.35. The summed E-state index contributed by atoms with van der Waals surface area (Å²) in [7, 11) is 2.87. The molecule has 1 heterocycles. The number of hydrogen-bond donors (Lipinski definition) is 3. The van der Waals surface area contributed by atoms with Crippen LogP contribution in [-0.2, 0) is 14.2 Å². The number of carboxylic acid groups (broad SMARTS) is 1. The number of methoxy groups -OCH3 is 2. The molecule has 1 saturated heterocycles. The SMILES string of the molecule is COCOc1cc(OC)cc(C=CCC2OC(C)(C)OC2C(O)C=CC(C)(F)C(C)O)c1C(=O)O. The Hall–Kier alpha value is -2.50. The predicted molar refractivity (Wildman–Crippen MR) is 126 cm³/mol. The molecule has 196 valence electrons. The third-order valence-electron chi connectivity index (χ3n) is 5.55. The fourth-order valence-electron chi connectivity index (χ4n) is 3.52. The van der Waals surface area contributed by atoms with E-state index in [2.05, 4.69) is 0 Å². The normalized spacial score (nSPS) is 23.3. The van der Waals surface area contributed by atoms with E-state index in [1.54, 1.807) is 32.1 Å². The number of rotatable bonds is 12. The first-order valence-corrected chi connectivity index (χ1v) is 11.1. The van der Waals surface area contributed by atoms with Crippen LogP contribution in [0.15, 0.2) is 30.4 Å². The van der Waals surface area contributed by atoms with Gasteiger partial charge in [0.25, 0.3) is 0 Å². The van der Waals surface area contributed by atoms with Crippen LogP contribution in [0.3, 0.4) is 0 Å². The van der Waals surface area contributed by atoms with Crippen LogP contribution in [0, 0.1) is 0 Å². The minimum atomic E-state index is -2.02. The second-order valence-electron chi connectivity index (χ2n) is 8.90. The van der Waals surface area contributed by atoms with Crippen molar-refractivity contribution in [2.24, 2.45) is 0 Å². The van der Waals surface area contributed by atoms with Crippen LogP contribution in [0.5, 0.6) is 11.5 Å². The highest BCUT2D eigenvalue weighted by Gasteiger charge is 2.43. The number of carbonyl (C=O) groups is 1. The van der Waals surface area contributed by atoms with E-state index < -0.39 is 41.8 Å². The summed E-state index contributed by atoms with van der Waals surface area (Å²) in [6.45, 7) is 5.77. The fourth-order valence-corrected chi connectivity index (χ4v) is 3.52. The molecule has 3 N–H and O–H groups in total. The number of halogens is 1. The highest BCUT2D eigenvalue weighted by molar-refractivity contribution is 5.95.